The van der Waals surface area contributed by atoms with Gasteiger partial charge in [0.15, 0.2) is 0 Å². The zero-order chi connectivity index (χ0) is 30.3. The summed E-state index contributed by atoms with van der Waals surface area (Å²) < 4.78 is 24.0. The molecule has 2 fully saturated rings. The molecule has 0 heterocycles. The van der Waals surface area contributed by atoms with Crippen molar-refractivity contribution in [3.63, 3.8) is 0 Å². The van der Waals surface area contributed by atoms with Crippen LogP contribution in [0.5, 0.6) is 11.5 Å². The molecule has 0 aromatic heterocycles. The third-order valence-electron chi connectivity index (χ3n) is 8.59. The van der Waals surface area contributed by atoms with E-state index in [1.807, 2.05) is 58.0 Å². The number of rotatable bonds is 17. The molecule has 230 valence electrons. The number of carbonyl (C=O) groups is 2. The van der Waals surface area contributed by atoms with Gasteiger partial charge in [0.05, 0.1) is 25.9 Å². The van der Waals surface area contributed by atoms with Gasteiger partial charge in [-0.15, -0.1) is 0 Å². The lowest BCUT2D eigenvalue weighted by atomic mass is 9.73. The Labute approximate surface area is 250 Å². The van der Waals surface area contributed by atoms with Crippen LogP contribution in [0, 0.1) is 12.8 Å². The smallest absolute Gasteiger partial charge is 0.329 e. The lowest BCUT2D eigenvalue weighted by molar-refractivity contribution is -0.161. The van der Waals surface area contributed by atoms with Gasteiger partial charge in [0, 0.05) is 37.5 Å². The zero-order valence-electron chi connectivity index (χ0n) is 25.7. The first-order valence-electron chi connectivity index (χ1n) is 15.5. The van der Waals surface area contributed by atoms with Gasteiger partial charge in [-0.1, -0.05) is 37.3 Å². The topological polar surface area (TPSA) is 103 Å². The first kappa shape index (κ1) is 31.8. The van der Waals surface area contributed by atoms with Crippen LogP contribution < -0.4 is 14.8 Å². The summed E-state index contributed by atoms with van der Waals surface area (Å²) in [5.41, 5.74) is 2.84. The molecular weight excluding hydrogens is 534 g/mol. The van der Waals surface area contributed by atoms with E-state index in [9.17, 15) is 14.7 Å². The van der Waals surface area contributed by atoms with Crippen molar-refractivity contribution in [3.05, 3.63) is 58.7 Å². The van der Waals surface area contributed by atoms with Crippen LogP contribution in [0.4, 0.5) is 0 Å². The third kappa shape index (κ3) is 7.27. The molecule has 2 N–H and O–H groups in total. The summed E-state index contributed by atoms with van der Waals surface area (Å²) in [5, 5.41) is 13.0. The van der Waals surface area contributed by atoms with Crippen molar-refractivity contribution in [2.45, 2.75) is 96.8 Å². The van der Waals surface area contributed by atoms with Crippen LogP contribution in [0.3, 0.4) is 0 Å². The number of amides is 1. The van der Waals surface area contributed by atoms with E-state index in [0.717, 1.165) is 46.6 Å². The van der Waals surface area contributed by atoms with Crippen molar-refractivity contribution in [1.29, 1.82) is 0 Å². The van der Waals surface area contributed by atoms with Crippen molar-refractivity contribution in [1.82, 2.24) is 5.32 Å². The van der Waals surface area contributed by atoms with Crippen LogP contribution in [0.25, 0.3) is 0 Å². The highest BCUT2D eigenvalue weighted by Crippen LogP contribution is 2.52. The van der Waals surface area contributed by atoms with Crippen LogP contribution in [-0.4, -0.2) is 55.1 Å². The summed E-state index contributed by atoms with van der Waals surface area (Å²) in [7, 11) is 0. The largest absolute Gasteiger partial charge is 0.493 e. The van der Waals surface area contributed by atoms with Crippen LogP contribution in [-0.2, 0) is 25.7 Å². The summed E-state index contributed by atoms with van der Waals surface area (Å²) in [6, 6.07) is 12.0. The molecule has 2 saturated carbocycles. The van der Waals surface area contributed by atoms with Crippen LogP contribution in [0.1, 0.15) is 93.9 Å². The first-order valence-corrected chi connectivity index (χ1v) is 15.5. The molecule has 2 aromatic carbocycles. The van der Waals surface area contributed by atoms with Gasteiger partial charge in [0.1, 0.15) is 17.0 Å². The lowest BCUT2D eigenvalue weighted by Gasteiger charge is -2.45. The standard InChI is InChI=1S/C34H47NO7/c1-6-40-26-19-34(20-26,33(37)38)35-32(36)27(16-17-39-21-24-12-10-9-11-13-24)22(4)28-18-29(41-7-2)30(25-14-15-25)31(23(28)5)42-8-3/h9-13,18,22,25-27H,6-8,14-17,19-21H2,1-5H3,(H,35,36)(H,37,38). The quantitative estimate of drug-likeness (QED) is 0.217. The Kier molecular flexibility index (Phi) is 10.9. The van der Waals surface area contributed by atoms with Gasteiger partial charge in [-0.05, 0) is 81.5 Å². The Morgan fingerprint density at radius 2 is 1.74 bits per heavy atom. The van der Waals surface area contributed by atoms with Crippen molar-refractivity contribution in [2.75, 3.05) is 26.4 Å². The fourth-order valence-corrected chi connectivity index (χ4v) is 6.14. The number of ether oxygens (including phenoxy) is 4. The molecule has 8 nitrogen and oxygen atoms in total. The van der Waals surface area contributed by atoms with E-state index in [2.05, 4.69) is 18.3 Å². The zero-order valence-corrected chi connectivity index (χ0v) is 25.7. The normalized spacial score (nSPS) is 21.2. The molecule has 0 saturated heterocycles. The first-order chi connectivity index (χ1) is 20.2. The highest BCUT2D eigenvalue weighted by atomic mass is 16.5. The van der Waals surface area contributed by atoms with Gasteiger partial charge in [-0.3, -0.25) is 4.79 Å². The molecule has 2 aliphatic rings. The SMILES string of the molecule is CCOc1cc(C(C)C(CCOCc2ccccc2)C(=O)NC2(C(=O)O)CC(OCC)C2)c(C)c(OCC)c1C1CC1. The second-order valence-corrected chi connectivity index (χ2v) is 11.6. The van der Waals surface area contributed by atoms with E-state index in [-0.39, 0.29) is 30.8 Å². The minimum Gasteiger partial charge on any atom is -0.493 e. The summed E-state index contributed by atoms with van der Waals surface area (Å²) in [5.74, 6) is 0.00596. The monoisotopic (exact) mass is 581 g/mol. The lowest BCUT2D eigenvalue weighted by Crippen LogP contribution is -2.65. The summed E-state index contributed by atoms with van der Waals surface area (Å²) in [6.07, 6.45) is 2.99. The van der Waals surface area contributed by atoms with E-state index in [4.69, 9.17) is 18.9 Å². The van der Waals surface area contributed by atoms with Gasteiger partial charge in [0.2, 0.25) is 5.91 Å². The Morgan fingerprint density at radius 3 is 2.33 bits per heavy atom. The van der Waals surface area contributed by atoms with E-state index in [0.29, 0.717) is 45.4 Å². The number of aliphatic carboxylic acids is 1. The van der Waals surface area contributed by atoms with Crippen molar-refractivity contribution in [2.24, 2.45) is 5.92 Å². The molecule has 0 bridgehead atoms. The maximum Gasteiger partial charge on any atom is 0.329 e. The van der Waals surface area contributed by atoms with E-state index >= 15 is 0 Å². The molecule has 8 heteroatoms. The number of carbonyl (C=O) groups excluding carboxylic acids is 1. The fraction of sp³-hybridized carbons (Fsp3) is 0.588. The number of benzene rings is 2. The van der Waals surface area contributed by atoms with Crippen molar-refractivity contribution >= 4 is 11.9 Å². The number of carboxylic acids is 1. The van der Waals surface area contributed by atoms with Crippen LogP contribution in [0.2, 0.25) is 0 Å². The minimum absolute atomic E-state index is 0.170. The van der Waals surface area contributed by atoms with E-state index < -0.39 is 17.4 Å². The molecule has 0 spiro atoms. The van der Waals surface area contributed by atoms with Crippen LogP contribution in [0.15, 0.2) is 36.4 Å². The van der Waals surface area contributed by atoms with Crippen molar-refractivity contribution in [3.8, 4) is 11.5 Å². The van der Waals surface area contributed by atoms with Gasteiger partial charge >= 0.3 is 5.97 Å². The predicted octanol–water partition coefficient (Wildman–Crippen LogP) is 6.13. The number of carboxylic acid groups (broad SMARTS) is 1. The summed E-state index contributed by atoms with van der Waals surface area (Å²) in [6.45, 7) is 12.3. The molecular formula is C34H47NO7. The van der Waals surface area contributed by atoms with Gasteiger partial charge < -0.3 is 29.4 Å². The molecule has 2 atom stereocenters. The highest BCUT2D eigenvalue weighted by Gasteiger charge is 2.53. The Morgan fingerprint density at radius 1 is 1.05 bits per heavy atom. The van der Waals surface area contributed by atoms with Gasteiger partial charge in [-0.25, -0.2) is 4.79 Å². The fourth-order valence-electron chi connectivity index (χ4n) is 6.14. The second-order valence-electron chi connectivity index (χ2n) is 11.6. The predicted molar refractivity (Wildman–Crippen MR) is 161 cm³/mol. The number of nitrogens with one attached hydrogen (secondary N) is 1. The Bertz CT molecular complexity index is 1200. The van der Waals surface area contributed by atoms with Crippen molar-refractivity contribution < 1.29 is 33.6 Å². The molecule has 4 rings (SSSR count). The molecule has 0 aliphatic heterocycles. The molecule has 2 aliphatic carbocycles. The minimum atomic E-state index is -1.32. The number of hydrogen-bond donors (Lipinski definition) is 2. The van der Waals surface area contributed by atoms with E-state index in [1.54, 1.807) is 0 Å². The second kappa shape index (κ2) is 14.4. The average molecular weight is 582 g/mol. The van der Waals surface area contributed by atoms with Crippen LogP contribution >= 0.6 is 0 Å². The summed E-state index contributed by atoms with van der Waals surface area (Å²) >= 11 is 0. The summed E-state index contributed by atoms with van der Waals surface area (Å²) in [4.78, 5) is 26.3. The average Bonchev–Trinajstić information content (AvgIpc) is 3.79. The van der Waals surface area contributed by atoms with E-state index in [1.165, 1.54) is 0 Å². The molecule has 2 unspecified atom stereocenters. The third-order valence-corrected chi connectivity index (χ3v) is 8.59. The number of hydrogen-bond acceptors (Lipinski definition) is 6. The maximum absolute atomic E-state index is 14.0. The van der Waals surface area contributed by atoms with Gasteiger partial charge in [-0.2, -0.15) is 0 Å². The maximum atomic E-state index is 14.0. The Balaban J connectivity index is 1.62. The molecule has 1 amide bonds. The van der Waals surface area contributed by atoms with Gasteiger partial charge in [0.25, 0.3) is 0 Å². The molecule has 0 radical (unpaired) electrons. The molecule has 2 aromatic rings. The Hall–Kier alpha value is -3.10. The molecule has 42 heavy (non-hydrogen) atoms. The highest BCUT2D eigenvalue weighted by molar-refractivity contribution is 5.89.